The maximum Gasteiger partial charge on any atom is 0.253 e. The summed E-state index contributed by atoms with van der Waals surface area (Å²) in [6, 6.07) is 16.5. The van der Waals surface area contributed by atoms with E-state index in [-0.39, 0.29) is 16.9 Å². The number of thiocarbonyl (C=S) groups is 1. The molecule has 0 atom stereocenters. The first-order chi connectivity index (χ1) is 13.1. The minimum atomic E-state index is -0.346. The zero-order valence-corrected chi connectivity index (χ0v) is 16.0. The number of carbonyl (C=O) groups is 2. The summed E-state index contributed by atoms with van der Waals surface area (Å²) < 4.78 is 0. The van der Waals surface area contributed by atoms with Gasteiger partial charge in [0.2, 0.25) is 5.91 Å². The van der Waals surface area contributed by atoms with E-state index < -0.39 is 0 Å². The van der Waals surface area contributed by atoms with Crippen LogP contribution < -0.4 is 16.0 Å². The lowest BCUT2D eigenvalue weighted by Crippen LogP contribution is -2.34. The molecule has 6 heteroatoms. The average Bonchev–Trinajstić information content (AvgIpc) is 2.67. The molecule has 3 N–H and O–H groups in total. The molecule has 0 bridgehead atoms. The van der Waals surface area contributed by atoms with Crippen LogP contribution in [0.15, 0.2) is 60.7 Å². The predicted molar refractivity (Wildman–Crippen MR) is 114 cm³/mol. The molecule has 140 valence electrons. The Morgan fingerprint density at radius 2 is 1.74 bits per heavy atom. The Morgan fingerprint density at radius 1 is 1.04 bits per heavy atom. The highest BCUT2D eigenvalue weighted by Crippen LogP contribution is 2.15. The van der Waals surface area contributed by atoms with Crippen molar-refractivity contribution in [2.45, 2.75) is 19.8 Å². The van der Waals surface area contributed by atoms with Gasteiger partial charge in [0, 0.05) is 12.6 Å². The van der Waals surface area contributed by atoms with Crippen LogP contribution in [0.1, 0.15) is 35.7 Å². The fraction of sp³-hybridized carbons (Fsp3) is 0.190. The van der Waals surface area contributed by atoms with Crippen molar-refractivity contribution >= 4 is 40.9 Å². The third-order valence-corrected chi connectivity index (χ3v) is 3.90. The van der Waals surface area contributed by atoms with Gasteiger partial charge in [0.1, 0.15) is 0 Å². The lowest BCUT2D eigenvalue weighted by Gasteiger charge is -2.13. The second-order valence-electron chi connectivity index (χ2n) is 5.84. The number of anilines is 1. The van der Waals surface area contributed by atoms with Crippen LogP contribution in [0.4, 0.5) is 5.69 Å². The molecule has 0 saturated carbocycles. The molecule has 27 heavy (non-hydrogen) atoms. The summed E-state index contributed by atoms with van der Waals surface area (Å²) in [5.74, 6) is -0.522. The highest BCUT2D eigenvalue weighted by Gasteiger charge is 2.11. The Kier molecular flexibility index (Phi) is 8.19. The number of rotatable bonds is 7. The molecule has 0 fully saturated rings. The van der Waals surface area contributed by atoms with Gasteiger partial charge in [-0.25, -0.2) is 0 Å². The summed E-state index contributed by atoms with van der Waals surface area (Å²) in [4.78, 5) is 24.3. The zero-order valence-electron chi connectivity index (χ0n) is 15.2. The molecule has 0 aromatic heterocycles. The molecule has 0 spiro atoms. The molecular weight excluding hydrogens is 358 g/mol. The summed E-state index contributed by atoms with van der Waals surface area (Å²) >= 11 is 5.19. The molecule has 2 aromatic carbocycles. The van der Waals surface area contributed by atoms with Crippen molar-refractivity contribution in [2.24, 2.45) is 0 Å². The van der Waals surface area contributed by atoms with Crippen LogP contribution in [-0.4, -0.2) is 23.5 Å². The van der Waals surface area contributed by atoms with Crippen LogP contribution >= 0.6 is 12.2 Å². The van der Waals surface area contributed by atoms with Crippen molar-refractivity contribution in [1.29, 1.82) is 0 Å². The van der Waals surface area contributed by atoms with Crippen molar-refractivity contribution in [2.75, 3.05) is 11.9 Å². The highest BCUT2D eigenvalue weighted by atomic mass is 32.1. The van der Waals surface area contributed by atoms with Gasteiger partial charge in [0.25, 0.3) is 5.91 Å². The standard InChI is InChI=1S/C21H23N3O2S/c1-2-3-15-22-20(26)17-11-7-8-12-18(17)23-21(27)24-19(25)14-13-16-9-5-4-6-10-16/h4-14H,2-3,15H2,1H3,(H,22,26)(H2,23,24,25,27)/b14-13+. The summed E-state index contributed by atoms with van der Waals surface area (Å²) in [5, 5.41) is 8.50. The number of benzene rings is 2. The number of para-hydroxylation sites is 1. The summed E-state index contributed by atoms with van der Waals surface area (Å²) in [5.41, 5.74) is 1.94. The first-order valence-corrected chi connectivity index (χ1v) is 9.23. The molecule has 2 amide bonds. The van der Waals surface area contributed by atoms with E-state index in [0.29, 0.717) is 17.8 Å². The Morgan fingerprint density at radius 3 is 2.48 bits per heavy atom. The summed E-state index contributed by atoms with van der Waals surface area (Å²) in [6.07, 6.45) is 5.04. The lowest BCUT2D eigenvalue weighted by atomic mass is 10.1. The summed E-state index contributed by atoms with van der Waals surface area (Å²) in [6.45, 7) is 2.68. The van der Waals surface area contributed by atoms with Crippen molar-refractivity contribution in [3.63, 3.8) is 0 Å². The van der Waals surface area contributed by atoms with Gasteiger partial charge in [-0.15, -0.1) is 0 Å². The molecule has 0 aliphatic carbocycles. The van der Waals surface area contributed by atoms with Gasteiger partial charge in [-0.05, 0) is 42.4 Å². The van der Waals surface area contributed by atoms with Crippen molar-refractivity contribution in [3.05, 3.63) is 71.8 Å². The van der Waals surface area contributed by atoms with E-state index >= 15 is 0 Å². The average molecular weight is 382 g/mol. The Balaban J connectivity index is 1.94. The van der Waals surface area contributed by atoms with E-state index in [1.165, 1.54) is 6.08 Å². The predicted octanol–water partition coefficient (Wildman–Crippen LogP) is 3.74. The number of carbonyl (C=O) groups excluding carboxylic acids is 2. The molecule has 0 unspecified atom stereocenters. The van der Waals surface area contributed by atoms with E-state index in [2.05, 4.69) is 22.9 Å². The smallest absolute Gasteiger partial charge is 0.253 e. The fourth-order valence-corrected chi connectivity index (χ4v) is 2.52. The van der Waals surface area contributed by atoms with Crippen molar-refractivity contribution in [3.8, 4) is 0 Å². The van der Waals surface area contributed by atoms with Gasteiger partial charge < -0.3 is 10.6 Å². The lowest BCUT2D eigenvalue weighted by molar-refractivity contribution is -0.115. The van der Waals surface area contributed by atoms with Gasteiger partial charge in [-0.2, -0.15) is 0 Å². The number of amides is 2. The van der Waals surface area contributed by atoms with Crippen molar-refractivity contribution < 1.29 is 9.59 Å². The molecule has 0 saturated heterocycles. The third-order valence-electron chi connectivity index (χ3n) is 3.70. The van der Waals surface area contributed by atoms with Gasteiger partial charge in [-0.3, -0.25) is 14.9 Å². The monoisotopic (exact) mass is 381 g/mol. The molecular formula is C21H23N3O2S. The molecule has 0 aliphatic heterocycles. The molecule has 0 heterocycles. The van der Waals surface area contributed by atoms with Gasteiger partial charge in [0.05, 0.1) is 11.3 Å². The Bertz CT molecular complexity index is 819. The van der Waals surface area contributed by atoms with Crippen LogP contribution in [0.3, 0.4) is 0 Å². The minimum absolute atomic E-state index is 0.131. The van der Waals surface area contributed by atoms with E-state index in [9.17, 15) is 9.59 Å². The number of hydrogen-bond donors (Lipinski definition) is 3. The zero-order chi connectivity index (χ0) is 19.5. The van der Waals surface area contributed by atoms with E-state index in [1.54, 1.807) is 30.3 Å². The van der Waals surface area contributed by atoms with Crippen LogP contribution in [-0.2, 0) is 4.79 Å². The largest absolute Gasteiger partial charge is 0.352 e. The van der Waals surface area contributed by atoms with Crippen LogP contribution in [0, 0.1) is 0 Å². The van der Waals surface area contributed by atoms with Gasteiger partial charge in [-0.1, -0.05) is 55.8 Å². The SMILES string of the molecule is CCCCNC(=O)c1ccccc1NC(=S)NC(=O)/C=C/c1ccccc1. The maximum absolute atomic E-state index is 12.3. The third kappa shape index (κ3) is 7.03. The molecule has 0 radical (unpaired) electrons. The second-order valence-corrected chi connectivity index (χ2v) is 6.25. The number of nitrogens with one attached hydrogen (secondary N) is 3. The normalized spacial score (nSPS) is 10.4. The number of unbranched alkanes of at least 4 members (excludes halogenated alkanes) is 1. The fourth-order valence-electron chi connectivity index (χ4n) is 2.31. The first kappa shape index (κ1) is 20.3. The van der Waals surface area contributed by atoms with Crippen LogP contribution in [0.2, 0.25) is 0 Å². The first-order valence-electron chi connectivity index (χ1n) is 8.82. The van der Waals surface area contributed by atoms with Crippen LogP contribution in [0.5, 0.6) is 0 Å². The quantitative estimate of drug-likeness (QED) is 0.388. The Labute approximate surface area is 164 Å². The minimum Gasteiger partial charge on any atom is -0.352 e. The molecule has 5 nitrogen and oxygen atoms in total. The van der Waals surface area contributed by atoms with E-state index in [1.807, 2.05) is 30.3 Å². The van der Waals surface area contributed by atoms with E-state index in [4.69, 9.17) is 12.2 Å². The summed E-state index contributed by atoms with van der Waals surface area (Å²) in [7, 11) is 0. The van der Waals surface area contributed by atoms with E-state index in [0.717, 1.165) is 18.4 Å². The molecule has 0 aliphatic rings. The Hall–Kier alpha value is -2.99. The molecule has 2 aromatic rings. The number of hydrogen-bond acceptors (Lipinski definition) is 3. The van der Waals surface area contributed by atoms with Crippen molar-refractivity contribution in [1.82, 2.24) is 10.6 Å². The maximum atomic E-state index is 12.3. The van der Waals surface area contributed by atoms with Gasteiger partial charge >= 0.3 is 0 Å². The molecule has 2 rings (SSSR count). The topological polar surface area (TPSA) is 70.2 Å². The highest BCUT2D eigenvalue weighted by molar-refractivity contribution is 7.80. The second kappa shape index (κ2) is 10.9. The van der Waals surface area contributed by atoms with Gasteiger partial charge in [0.15, 0.2) is 5.11 Å². The van der Waals surface area contributed by atoms with Crippen LogP contribution in [0.25, 0.3) is 6.08 Å².